The number of amides is 3. The van der Waals surface area contributed by atoms with Gasteiger partial charge in [-0.3, -0.25) is 19.9 Å². The number of hydrogen-bond donors (Lipinski definition) is 5. The standard InChI is InChI=1S/C32H30Cl2FN9O4/c1-43-15-19-14-21(39-32(47)48-2)6-7-22(19)28-29(34)42-30(41-28)25(12-17-3-8-24(35)23(11-17)31(43)46)40-27(45)10-4-18-13-20(33)5-9-26(18)44(37)16-38-36/h3-11,13-14,16,25H,12,15,36-37H2,1-2H3,(H,39,47)(H,40,45)(H,41,42)/b10-4+,38-16-/t25-/m0/s1. The van der Waals surface area contributed by atoms with Crippen molar-refractivity contribution in [2.24, 2.45) is 16.8 Å². The number of hydrazine groups is 1. The Morgan fingerprint density at radius 1 is 1.17 bits per heavy atom. The number of anilines is 2. The predicted molar refractivity (Wildman–Crippen MR) is 182 cm³/mol. The van der Waals surface area contributed by atoms with E-state index in [1.807, 2.05) is 0 Å². The number of hydrogen-bond acceptors (Lipinski definition) is 8. The third-order valence-electron chi connectivity index (χ3n) is 7.44. The summed E-state index contributed by atoms with van der Waals surface area (Å²) in [5.41, 5.74) is 3.18. The minimum atomic E-state index is -0.807. The molecule has 4 aromatic rings. The van der Waals surface area contributed by atoms with Gasteiger partial charge in [0.05, 0.1) is 24.4 Å². The van der Waals surface area contributed by atoms with Gasteiger partial charge in [0.25, 0.3) is 5.91 Å². The lowest BCUT2D eigenvalue weighted by Gasteiger charge is -2.21. The molecule has 2 heterocycles. The Balaban J connectivity index is 1.56. The summed E-state index contributed by atoms with van der Waals surface area (Å²) >= 11 is 12.9. The Labute approximate surface area is 284 Å². The van der Waals surface area contributed by atoms with E-state index < -0.39 is 29.8 Å². The average Bonchev–Trinajstić information content (AvgIpc) is 3.44. The molecule has 1 aromatic heterocycles. The van der Waals surface area contributed by atoms with Crippen molar-refractivity contribution in [3.8, 4) is 11.3 Å². The molecule has 4 bridgehead atoms. The van der Waals surface area contributed by atoms with Gasteiger partial charge in [-0.15, -0.1) is 0 Å². The van der Waals surface area contributed by atoms with Gasteiger partial charge in [0.2, 0.25) is 5.91 Å². The van der Waals surface area contributed by atoms with E-state index in [0.29, 0.717) is 50.2 Å². The quantitative estimate of drug-likeness (QED) is 0.0615. The summed E-state index contributed by atoms with van der Waals surface area (Å²) in [6.45, 7) is 0.0147. The van der Waals surface area contributed by atoms with E-state index in [9.17, 15) is 14.4 Å². The van der Waals surface area contributed by atoms with Crippen molar-refractivity contribution in [2.45, 2.75) is 19.0 Å². The van der Waals surface area contributed by atoms with Crippen molar-refractivity contribution >= 4 is 64.9 Å². The highest BCUT2D eigenvalue weighted by Gasteiger charge is 2.26. The molecule has 0 saturated carbocycles. The normalized spacial score (nSPS) is 14.6. The fraction of sp³-hybridized carbons (Fsp3) is 0.156. The summed E-state index contributed by atoms with van der Waals surface area (Å²) in [7, 11) is 2.77. The summed E-state index contributed by atoms with van der Waals surface area (Å²) in [5, 5.41) is 10.7. The first kappa shape index (κ1) is 33.9. The zero-order chi connectivity index (χ0) is 34.5. The number of halogens is 3. The molecule has 1 aliphatic rings. The van der Waals surface area contributed by atoms with Crippen LogP contribution in [0, 0.1) is 5.82 Å². The fourth-order valence-corrected chi connectivity index (χ4v) is 5.60. The fourth-order valence-electron chi connectivity index (χ4n) is 5.18. The number of hydrazone groups is 1. The van der Waals surface area contributed by atoms with Crippen LogP contribution in [0.3, 0.4) is 0 Å². The first-order chi connectivity index (χ1) is 23.0. The number of carbonyl (C=O) groups is 3. The Bertz CT molecular complexity index is 1950. The number of nitrogens with zero attached hydrogens (tertiary/aromatic N) is 4. The van der Waals surface area contributed by atoms with Gasteiger partial charge in [0.1, 0.15) is 28.8 Å². The van der Waals surface area contributed by atoms with Crippen LogP contribution in [0.25, 0.3) is 17.3 Å². The predicted octanol–water partition coefficient (Wildman–Crippen LogP) is 4.98. The van der Waals surface area contributed by atoms with E-state index in [1.54, 1.807) is 36.4 Å². The van der Waals surface area contributed by atoms with Gasteiger partial charge < -0.3 is 25.8 Å². The molecule has 0 fully saturated rings. The van der Waals surface area contributed by atoms with Crippen molar-refractivity contribution in [2.75, 3.05) is 24.5 Å². The van der Waals surface area contributed by atoms with E-state index in [4.69, 9.17) is 44.6 Å². The number of imidazole rings is 1. The molecule has 248 valence electrons. The van der Waals surface area contributed by atoms with Gasteiger partial charge in [-0.25, -0.2) is 20.0 Å². The lowest BCUT2D eigenvalue weighted by atomic mass is 10.0. The third kappa shape index (κ3) is 7.57. The van der Waals surface area contributed by atoms with Crippen molar-refractivity contribution in [3.63, 3.8) is 0 Å². The van der Waals surface area contributed by atoms with Gasteiger partial charge in [0.15, 0.2) is 0 Å². The Morgan fingerprint density at radius 3 is 2.71 bits per heavy atom. The van der Waals surface area contributed by atoms with Crippen LogP contribution >= 0.6 is 23.2 Å². The SMILES string of the molecule is COC(=O)Nc1ccc2c(c1)CN(C)C(=O)c1cc(ccc1F)C[C@H](NC(=O)/C=C/c1cc(Cl)ccc1N(N)/C=N\N)c1nc-2c(Cl)[nH]1. The smallest absolute Gasteiger partial charge is 0.411 e. The number of ether oxygens (including phenoxy) is 1. The zero-order valence-corrected chi connectivity index (χ0v) is 27.1. The zero-order valence-electron chi connectivity index (χ0n) is 25.6. The minimum absolute atomic E-state index is 0.0147. The number of benzene rings is 3. The number of aromatic nitrogens is 2. The second-order valence-electron chi connectivity index (χ2n) is 10.7. The molecule has 13 nitrogen and oxygen atoms in total. The summed E-state index contributed by atoms with van der Waals surface area (Å²) in [4.78, 5) is 47.9. The number of nitrogens with one attached hydrogen (secondary N) is 3. The van der Waals surface area contributed by atoms with Crippen LogP contribution < -0.4 is 27.3 Å². The van der Waals surface area contributed by atoms with E-state index in [0.717, 1.165) is 0 Å². The first-order valence-corrected chi connectivity index (χ1v) is 15.1. The van der Waals surface area contributed by atoms with E-state index in [2.05, 4.69) is 20.7 Å². The lowest BCUT2D eigenvalue weighted by Crippen LogP contribution is -2.30. The molecule has 16 heteroatoms. The molecule has 3 aromatic carbocycles. The van der Waals surface area contributed by atoms with Crippen LogP contribution in [0.1, 0.15) is 38.9 Å². The van der Waals surface area contributed by atoms with Crippen LogP contribution in [0.2, 0.25) is 10.2 Å². The summed E-state index contributed by atoms with van der Waals surface area (Å²) in [6, 6.07) is 13.2. The largest absolute Gasteiger partial charge is 0.453 e. The summed E-state index contributed by atoms with van der Waals surface area (Å²) < 4.78 is 19.7. The van der Waals surface area contributed by atoms with Gasteiger partial charge in [-0.2, -0.15) is 5.10 Å². The molecule has 0 unspecified atom stereocenters. The number of aromatic amines is 1. The molecule has 0 spiro atoms. The Hall–Kier alpha value is -5.44. The number of rotatable bonds is 6. The second-order valence-corrected chi connectivity index (χ2v) is 11.5. The summed E-state index contributed by atoms with van der Waals surface area (Å²) in [5.74, 6) is 9.74. The van der Waals surface area contributed by atoms with E-state index in [-0.39, 0.29) is 23.7 Å². The highest BCUT2D eigenvalue weighted by atomic mass is 35.5. The van der Waals surface area contributed by atoms with Crippen molar-refractivity contribution in [3.05, 3.63) is 105 Å². The molecule has 1 aliphatic heterocycles. The average molecular weight is 695 g/mol. The summed E-state index contributed by atoms with van der Waals surface area (Å²) in [6.07, 6.45) is 3.43. The third-order valence-corrected chi connectivity index (χ3v) is 7.95. The van der Waals surface area contributed by atoms with Crippen LogP contribution in [0.15, 0.2) is 65.8 Å². The van der Waals surface area contributed by atoms with Gasteiger partial charge in [0, 0.05) is 41.5 Å². The number of methoxy groups -OCH3 is 1. The Kier molecular flexibility index (Phi) is 10.3. The number of fused-ring (bicyclic) bond motifs is 6. The number of H-pyrrole nitrogens is 1. The molecule has 7 N–H and O–H groups in total. The maximum absolute atomic E-state index is 15.0. The van der Waals surface area contributed by atoms with Crippen LogP contribution in [0.4, 0.5) is 20.6 Å². The first-order valence-electron chi connectivity index (χ1n) is 14.3. The van der Waals surface area contributed by atoms with Gasteiger partial charge in [-0.05, 0) is 66.1 Å². The molecule has 0 saturated heterocycles. The molecule has 0 aliphatic carbocycles. The molecular formula is C32H30Cl2FN9O4. The monoisotopic (exact) mass is 693 g/mol. The topological polar surface area (TPSA) is 184 Å². The van der Waals surface area contributed by atoms with E-state index in [1.165, 1.54) is 60.8 Å². The Morgan fingerprint density at radius 2 is 1.96 bits per heavy atom. The number of nitrogens with two attached hydrogens (primary N) is 2. The maximum atomic E-state index is 15.0. The van der Waals surface area contributed by atoms with Crippen LogP contribution in [-0.4, -0.2) is 53.3 Å². The lowest BCUT2D eigenvalue weighted by molar-refractivity contribution is -0.117. The highest BCUT2D eigenvalue weighted by Crippen LogP contribution is 2.34. The molecule has 48 heavy (non-hydrogen) atoms. The van der Waals surface area contributed by atoms with Gasteiger partial charge in [-0.1, -0.05) is 35.3 Å². The van der Waals surface area contributed by atoms with Crippen molar-refractivity contribution in [1.29, 1.82) is 0 Å². The van der Waals surface area contributed by atoms with E-state index >= 15 is 4.39 Å². The molecular weight excluding hydrogens is 664 g/mol. The van der Waals surface area contributed by atoms with Crippen molar-refractivity contribution < 1.29 is 23.5 Å². The van der Waals surface area contributed by atoms with Gasteiger partial charge >= 0.3 is 6.09 Å². The minimum Gasteiger partial charge on any atom is -0.453 e. The molecule has 5 rings (SSSR count). The van der Waals surface area contributed by atoms with Crippen LogP contribution in [-0.2, 0) is 22.5 Å². The molecule has 0 radical (unpaired) electrons. The van der Waals surface area contributed by atoms with Crippen molar-refractivity contribution in [1.82, 2.24) is 20.2 Å². The van der Waals surface area contributed by atoms with Crippen LogP contribution in [0.5, 0.6) is 0 Å². The molecule has 1 atom stereocenters. The number of carbonyl (C=O) groups excluding carboxylic acids is 3. The second kappa shape index (κ2) is 14.5. The molecule has 3 amide bonds. The highest BCUT2D eigenvalue weighted by molar-refractivity contribution is 6.32. The maximum Gasteiger partial charge on any atom is 0.411 e.